The summed E-state index contributed by atoms with van der Waals surface area (Å²) in [6, 6.07) is 2.95. The van der Waals surface area contributed by atoms with Gasteiger partial charge in [-0.15, -0.1) is 0 Å². The molecule has 0 fully saturated rings. The quantitative estimate of drug-likeness (QED) is 0.548. The maximum atomic E-state index is 11.0. The molecule has 0 saturated carbocycles. The summed E-state index contributed by atoms with van der Waals surface area (Å²) in [6.07, 6.45) is 1.99. The molecule has 0 bridgehead atoms. The van der Waals surface area contributed by atoms with E-state index in [0.717, 1.165) is 12.8 Å². The van der Waals surface area contributed by atoms with Gasteiger partial charge in [-0.1, -0.05) is 24.9 Å². The maximum Gasteiger partial charge on any atom is 0.337 e. The first-order chi connectivity index (χ1) is 7.56. The first kappa shape index (κ1) is 12.6. The van der Waals surface area contributed by atoms with Gasteiger partial charge in [0.1, 0.15) is 0 Å². The highest BCUT2D eigenvalue weighted by Crippen LogP contribution is 2.29. The minimum Gasteiger partial charge on any atom is -0.478 e. The van der Waals surface area contributed by atoms with E-state index in [4.69, 9.17) is 22.4 Å². The van der Waals surface area contributed by atoms with Crippen molar-refractivity contribution in [2.75, 3.05) is 17.6 Å². The first-order valence-electron chi connectivity index (χ1n) is 5.12. The fraction of sp³-hybridized carbons (Fsp3) is 0.364. The lowest BCUT2D eigenvalue weighted by atomic mass is 10.1. The Morgan fingerprint density at radius 2 is 2.25 bits per heavy atom. The van der Waals surface area contributed by atoms with Gasteiger partial charge in [-0.3, -0.25) is 0 Å². The standard InChI is InChI=1S/C11H15ClN2O2/c1-2-3-4-14-10-8(11(15)16)5-7(13)6-9(10)12/h5-6,14H,2-4,13H2,1H3,(H,15,16). The number of hydrogen-bond donors (Lipinski definition) is 3. The van der Waals surface area contributed by atoms with Gasteiger partial charge in [-0.05, 0) is 18.6 Å². The highest BCUT2D eigenvalue weighted by atomic mass is 35.5. The van der Waals surface area contributed by atoms with Crippen LogP contribution in [0.15, 0.2) is 12.1 Å². The van der Waals surface area contributed by atoms with Crippen molar-refractivity contribution in [3.05, 3.63) is 22.7 Å². The summed E-state index contributed by atoms with van der Waals surface area (Å²) < 4.78 is 0. The second-order valence-corrected chi connectivity index (χ2v) is 3.92. The Hall–Kier alpha value is -1.42. The molecule has 4 N–H and O–H groups in total. The zero-order valence-corrected chi connectivity index (χ0v) is 9.84. The SMILES string of the molecule is CCCCNc1c(Cl)cc(N)cc1C(=O)O. The van der Waals surface area contributed by atoms with Crippen LogP contribution in [0.4, 0.5) is 11.4 Å². The average molecular weight is 243 g/mol. The van der Waals surface area contributed by atoms with Crippen molar-refractivity contribution in [2.24, 2.45) is 0 Å². The van der Waals surface area contributed by atoms with Crippen LogP contribution >= 0.6 is 11.6 Å². The smallest absolute Gasteiger partial charge is 0.337 e. The number of aromatic carboxylic acids is 1. The molecule has 0 aromatic heterocycles. The molecule has 0 radical (unpaired) electrons. The Kier molecular flexibility index (Phi) is 4.43. The van der Waals surface area contributed by atoms with Crippen LogP contribution in [0.5, 0.6) is 0 Å². The second kappa shape index (κ2) is 5.61. The zero-order chi connectivity index (χ0) is 12.1. The number of carbonyl (C=O) groups is 1. The maximum absolute atomic E-state index is 11.0. The van der Waals surface area contributed by atoms with E-state index in [0.29, 0.717) is 22.9 Å². The summed E-state index contributed by atoms with van der Waals surface area (Å²) in [5.74, 6) is -1.03. The third kappa shape index (κ3) is 3.03. The molecular weight excluding hydrogens is 228 g/mol. The van der Waals surface area contributed by atoms with Crippen molar-refractivity contribution in [1.29, 1.82) is 0 Å². The normalized spacial score (nSPS) is 10.1. The Morgan fingerprint density at radius 3 is 2.81 bits per heavy atom. The zero-order valence-electron chi connectivity index (χ0n) is 9.09. The number of anilines is 2. The van der Waals surface area contributed by atoms with E-state index in [1.807, 2.05) is 0 Å². The lowest BCUT2D eigenvalue weighted by Crippen LogP contribution is -2.09. The lowest BCUT2D eigenvalue weighted by molar-refractivity contribution is 0.0698. The van der Waals surface area contributed by atoms with Crippen molar-refractivity contribution in [1.82, 2.24) is 0 Å². The topological polar surface area (TPSA) is 75.3 Å². The Bertz CT molecular complexity index is 394. The molecule has 0 aliphatic rings. The van der Waals surface area contributed by atoms with E-state index in [9.17, 15) is 4.79 Å². The van der Waals surface area contributed by atoms with Crippen LogP contribution in [0.1, 0.15) is 30.1 Å². The molecule has 1 rings (SSSR count). The van der Waals surface area contributed by atoms with Crippen LogP contribution in [-0.2, 0) is 0 Å². The molecular formula is C11H15ClN2O2. The van der Waals surface area contributed by atoms with E-state index in [2.05, 4.69) is 12.2 Å². The Labute approximate surface area is 99.4 Å². The van der Waals surface area contributed by atoms with Crippen molar-refractivity contribution < 1.29 is 9.90 Å². The molecule has 0 heterocycles. The van der Waals surface area contributed by atoms with Gasteiger partial charge in [0, 0.05) is 12.2 Å². The monoisotopic (exact) mass is 242 g/mol. The number of carboxylic acid groups (broad SMARTS) is 1. The highest BCUT2D eigenvalue weighted by Gasteiger charge is 2.14. The number of hydrogen-bond acceptors (Lipinski definition) is 3. The van der Waals surface area contributed by atoms with Gasteiger partial charge in [0.05, 0.1) is 16.3 Å². The van der Waals surface area contributed by atoms with Crippen molar-refractivity contribution >= 4 is 28.9 Å². The van der Waals surface area contributed by atoms with Gasteiger partial charge in [0.25, 0.3) is 0 Å². The van der Waals surface area contributed by atoms with Gasteiger partial charge in [-0.25, -0.2) is 4.79 Å². The molecule has 4 nitrogen and oxygen atoms in total. The lowest BCUT2D eigenvalue weighted by Gasteiger charge is -2.12. The third-order valence-corrected chi connectivity index (χ3v) is 2.47. The minimum atomic E-state index is -1.03. The number of rotatable bonds is 5. The molecule has 1 aromatic carbocycles. The predicted octanol–water partition coefficient (Wildman–Crippen LogP) is 2.83. The molecule has 0 spiro atoms. The van der Waals surface area contributed by atoms with E-state index in [1.165, 1.54) is 6.07 Å². The van der Waals surface area contributed by atoms with Crippen molar-refractivity contribution in [3.63, 3.8) is 0 Å². The average Bonchev–Trinajstić information content (AvgIpc) is 2.20. The summed E-state index contributed by atoms with van der Waals surface area (Å²) in [4.78, 5) is 11.0. The number of nitrogens with one attached hydrogen (secondary N) is 1. The number of unbranched alkanes of at least 4 members (excludes halogenated alkanes) is 1. The minimum absolute atomic E-state index is 0.112. The van der Waals surface area contributed by atoms with Gasteiger partial charge >= 0.3 is 5.97 Å². The molecule has 88 valence electrons. The van der Waals surface area contributed by atoms with Crippen molar-refractivity contribution in [2.45, 2.75) is 19.8 Å². The molecule has 5 heteroatoms. The van der Waals surface area contributed by atoms with E-state index in [1.54, 1.807) is 6.07 Å². The van der Waals surface area contributed by atoms with Crippen LogP contribution in [0.2, 0.25) is 5.02 Å². The molecule has 0 atom stereocenters. The second-order valence-electron chi connectivity index (χ2n) is 3.51. The summed E-state index contributed by atoms with van der Waals surface area (Å²) in [5, 5.41) is 12.4. The third-order valence-electron chi connectivity index (χ3n) is 2.18. The fourth-order valence-electron chi connectivity index (χ4n) is 1.37. The summed E-state index contributed by atoms with van der Waals surface area (Å²) in [7, 11) is 0. The summed E-state index contributed by atoms with van der Waals surface area (Å²) in [5.41, 5.74) is 6.45. The molecule has 0 unspecified atom stereocenters. The molecule has 0 aliphatic carbocycles. The van der Waals surface area contributed by atoms with E-state index < -0.39 is 5.97 Å². The van der Waals surface area contributed by atoms with Gasteiger partial charge < -0.3 is 16.2 Å². The molecule has 1 aromatic rings. The number of halogens is 1. The van der Waals surface area contributed by atoms with Crippen LogP contribution in [-0.4, -0.2) is 17.6 Å². The molecule has 0 aliphatic heterocycles. The van der Waals surface area contributed by atoms with Crippen molar-refractivity contribution in [3.8, 4) is 0 Å². The van der Waals surface area contributed by atoms with E-state index in [-0.39, 0.29) is 5.56 Å². The van der Waals surface area contributed by atoms with Crippen LogP contribution in [0.25, 0.3) is 0 Å². The highest BCUT2D eigenvalue weighted by molar-refractivity contribution is 6.34. The van der Waals surface area contributed by atoms with Gasteiger partial charge in [-0.2, -0.15) is 0 Å². The largest absolute Gasteiger partial charge is 0.478 e. The van der Waals surface area contributed by atoms with Gasteiger partial charge in [0.15, 0.2) is 0 Å². The Balaban J connectivity index is 2.99. The Morgan fingerprint density at radius 1 is 1.56 bits per heavy atom. The van der Waals surface area contributed by atoms with Crippen LogP contribution in [0, 0.1) is 0 Å². The van der Waals surface area contributed by atoms with E-state index >= 15 is 0 Å². The molecule has 0 amide bonds. The predicted molar refractivity (Wildman–Crippen MR) is 66.2 cm³/mol. The number of nitrogens with two attached hydrogens (primary N) is 1. The van der Waals surface area contributed by atoms with Crippen LogP contribution < -0.4 is 11.1 Å². The molecule has 0 saturated heterocycles. The molecule has 16 heavy (non-hydrogen) atoms. The number of carboxylic acids is 1. The van der Waals surface area contributed by atoms with Crippen LogP contribution in [0.3, 0.4) is 0 Å². The number of benzene rings is 1. The number of nitrogen functional groups attached to an aromatic ring is 1. The van der Waals surface area contributed by atoms with Gasteiger partial charge in [0.2, 0.25) is 0 Å². The summed E-state index contributed by atoms with van der Waals surface area (Å²) >= 11 is 5.95. The fourth-order valence-corrected chi connectivity index (χ4v) is 1.66. The first-order valence-corrected chi connectivity index (χ1v) is 5.50. The summed E-state index contributed by atoms with van der Waals surface area (Å²) in [6.45, 7) is 2.75.